The molecule has 0 bridgehead atoms. The van der Waals surface area contributed by atoms with E-state index in [0.29, 0.717) is 0 Å². The van der Waals surface area contributed by atoms with Gasteiger partial charge in [-0.15, -0.1) is 0 Å². The standard InChI is InChI=1S/C18H15P.2C4H8N2O2.ClH.Co/c1-4-10-16(11-5-1)19(17-12-6-2-7-13-17)18-14-8-3-9-15-18;2*1-3(5-7)4(2)6-8;;/h1-15H;2*7-8H,1-2H3;1H;/q;;;;+3/p-3/b;2*5-3+,6-4+;;. The van der Waals surface area contributed by atoms with Crippen LogP contribution in [0.3, 0.4) is 0 Å². The molecular formula is C26H29ClCoN4O4P. The summed E-state index contributed by atoms with van der Waals surface area (Å²) in [5.74, 6) is 0. The van der Waals surface area contributed by atoms with E-state index in [1.807, 2.05) is 0 Å². The number of hydrogen-bond acceptors (Lipinski definition) is 8. The number of oxime groups is 2. The van der Waals surface area contributed by atoms with Crippen LogP contribution in [0.25, 0.3) is 0 Å². The Labute approximate surface area is 231 Å². The van der Waals surface area contributed by atoms with Crippen molar-refractivity contribution in [2.24, 2.45) is 20.6 Å². The van der Waals surface area contributed by atoms with Crippen molar-refractivity contribution in [3.05, 3.63) is 101 Å². The van der Waals surface area contributed by atoms with E-state index in [0.717, 1.165) is 0 Å². The van der Waals surface area contributed by atoms with Crippen LogP contribution in [0.2, 0.25) is 0 Å². The third kappa shape index (κ3) is 13.0. The molecule has 0 saturated carbocycles. The van der Waals surface area contributed by atoms with Gasteiger partial charge in [0.05, 0.1) is 22.8 Å². The minimum absolute atomic E-state index is 0.201. The molecule has 2 N–H and O–H groups in total. The molecule has 0 unspecified atom stereocenters. The maximum absolute atomic E-state index is 9.63. The third-order valence-electron chi connectivity index (χ3n) is 4.66. The second kappa shape index (κ2) is 20.9. The van der Waals surface area contributed by atoms with Crippen molar-refractivity contribution in [2.45, 2.75) is 27.7 Å². The van der Waals surface area contributed by atoms with Crippen LogP contribution in [0.4, 0.5) is 0 Å². The van der Waals surface area contributed by atoms with Gasteiger partial charge in [-0.05, 0) is 51.5 Å². The molecule has 0 aromatic heterocycles. The minimum Gasteiger partial charge on any atom is -0.0622 e. The molecule has 0 heterocycles. The van der Waals surface area contributed by atoms with E-state index in [1.54, 1.807) is 0 Å². The first-order valence-electron chi connectivity index (χ1n) is 10.7. The molecule has 0 atom stereocenters. The maximum atomic E-state index is 9.63. The second-order valence-electron chi connectivity index (χ2n) is 7.07. The van der Waals surface area contributed by atoms with E-state index in [1.165, 1.54) is 43.6 Å². The van der Waals surface area contributed by atoms with Crippen LogP contribution >= 0.6 is 18.1 Å². The Morgan fingerprint density at radius 2 is 0.811 bits per heavy atom. The molecule has 0 spiro atoms. The molecule has 0 aliphatic heterocycles. The molecule has 11 heteroatoms. The summed E-state index contributed by atoms with van der Waals surface area (Å²) >= 11 is 3.03. The van der Waals surface area contributed by atoms with Crippen LogP contribution in [0, 0.1) is 10.4 Å². The van der Waals surface area contributed by atoms with Gasteiger partial charge in [0.25, 0.3) is 0 Å². The predicted octanol–water partition coefficient (Wildman–Crippen LogP) is 5.72. The molecule has 0 aliphatic rings. The van der Waals surface area contributed by atoms with Crippen LogP contribution < -0.4 is 15.9 Å². The third-order valence-corrected chi connectivity index (χ3v) is 7.11. The molecule has 0 radical (unpaired) electrons. The summed E-state index contributed by atoms with van der Waals surface area (Å²) in [7, 11) is 3.88. The SMILES string of the molecule is CC(=N\[O-])/C(C)=N/O.CC(=N\[O-])/C(C)=N/O.[Cl][Co+2].c1ccc(P(c2ccccc2)c2ccccc2)cc1. The van der Waals surface area contributed by atoms with E-state index in [2.05, 4.69) is 137 Å². The van der Waals surface area contributed by atoms with Crippen molar-refractivity contribution in [3.63, 3.8) is 0 Å². The quantitative estimate of drug-likeness (QED) is 0.171. The molecule has 3 aromatic rings. The Bertz CT molecular complexity index is 975. The summed E-state index contributed by atoms with van der Waals surface area (Å²) in [5.41, 5.74) is 0.903. The number of benzene rings is 3. The normalized spacial score (nSPS) is 11.8. The van der Waals surface area contributed by atoms with Crippen molar-refractivity contribution >= 4 is 56.8 Å². The molecule has 0 fully saturated rings. The van der Waals surface area contributed by atoms with Gasteiger partial charge in [0.1, 0.15) is 0 Å². The topological polar surface area (TPSA) is 136 Å². The van der Waals surface area contributed by atoms with Crippen molar-refractivity contribution in [1.82, 2.24) is 0 Å². The van der Waals surface area contributed by atoms with Crippen molar-refractivity contribution in [1.29, 1.82) is 0 Å². The molecule has 8 nitrogen and oxygen atoms in total. The second-order valence-corrected chi connectivity index (χ2v) is 9.29. The Balaban J connectivity index is 0.000000604. The van der Waals surface area contributed by atoms with Gasteiger partial charge in [-0.1, -0.05) is 101 Å². The average molecular weight is 587 g/mol. The van der Waals surface area contributed by atoms with Gasteiger partial charge in [0, 0.05) is 0 Å². The van der Waals surface area contributed by atoms with E-state index >= 15 is 0 Å². The Morgan fingerprint density at radius 3 is 0.973 bits per heavy atom. The van der Waals surface area contributed by atoms with E-state index in [9.17, 15) is 10.4 Å². The average Bonchev–Trinajstić information content (AvgIpc) is 2.99. The van der Waals surface area contributed by atoms with Crippen LogP contribution in [-0.2, 0) is 14.8 Å². The Morgan fingerprint density at radius 1 is 0.568 bits per heavy atom. The van der Waals surface area contributed by atoms with Gasteiger partial charge in [0.15, 0.2) is 0 Å². The number of hydrogen-bond donors (Lipinski definition) is 2. The minimum atomic E-state index is -0.446. The number of nitrogens with zero attached hydrogens (tertiary/aromatic N) is 4. The summed E-state index contributed by atoms with van der Waals surface area (Å²) in [6.07, 6.45) is 0. The molecule has 37 heavy (non-hydrogen) atoms. The summed E-state index contributed by atoms with van der Waals surface area (Å²) in [5, 5.41) is 50.0. The molecule has 3 rings (SSSR count). The number of rotatable bonds is 5. The molecule has 0 saturated heterocycles. The van der Waals surface area contributed by atoms with E-state index in [-0.39, 0.29) is 22.8 Å². The first-order chi connectivity index (χ1) is 17.9. The fourth-order valence-corrected chi connectivity index (χ4v) is 4.76. The summed E-state index contributed by atoms with van der Waals surface area (Å²) < 4.78 is 0. The first kappa shape index (κ1) is 33.8. The zero-order valence-electron chi connectivity index (χ0n) is 20.8. The van der Waals surface area contributed by atoms with Gasteiger partial charge >= 0.3 is 25.0 Å². The van der Waals surface area contributed by atoms with Gasteiger partial charge in [-0.25, -0.2) is 0 Å². The van der Waals surface area contributed by atoms with Gasteiger partial charge in [-0.3, -0.25) is 0 Å². The fourth-order valence-electron chi connectivity index (χ4n) is 2.46. The summed E-state index contributed by atoms with van der Waals surface area (Å²) in [6.45, 7) is 5.94. The van der Waals surface area contributed by atoms with Gasteiger partial charge < -0.3 is 31.1 Å². The smallest absolute Gasteiger partial charge is 0.0134 e. The molecule has 0 amide bonds. The summed E-state index contributed by atoms with van der Waals surface area (Å²) in [6, 6.07) is 32.3. The summed E-state index contributed by atoms with van der Waals surface area (Å²) in [4.78, 5) is 0. The zero-order chi connectivity index (χ0) is 28.1. The van der Waals surface area contributed by atoms with Gasteiger partial charge in [0.2, 0.25) is 0 Å². The van der Waals surface area contributed by atoms with Crippen LogP contribution in [0.1, 0.15) is 27.7 Å². The Hall–Kier alpha value is -3.23. The maximum Gasteiger partial charge on any atom is -0.0134 e. The van der Waals surface area contributed by atoms with Crippen molar-refractivity contribution in [2.75, 3.05) is 0 Å². The predicted molar refractivity (Wildman–Crippen MR) is 154 cm³/mol. The molecule has 198 valence electrons. The Kier molecular flexibility index (Phi) is 19.1. The van der Waals surface area contributed by atoms with Crippen LogP contribution in [-0.4, -0.2) is 33.3 Å². The fraction of sp³-hybridized carbons (Fsp3) is 0.154. The first-order valence-corrected chi connectivity index (χ1v) is 13.5. The van der Waals surface area contributed by atoms with Gasteiger partial charge in [-0.2, -0.15) is 0 Å². The molecule has 0 aliphatic carbocycles. The number of halogens is 1. The van der Waals surface area contributed by atoms with Crippen molar-refractivity contribution < 1.29 is 25.3 Å². The zero-order valence-corrected chi connectivity index (χ0v) is 23.5. The van der Waals surface area contributed by atoms with E-state index < -0.39 is 7.92 Å². The van der Waals surface area contributed by atoms with Crippen LogP contribution in [0.15, 0.2) is 112 Å². The molecular weight excluding hydrogens is 558 g/mol. The molecule has 3 aromatic carbocycles. The van der Waals surface area contributed by atoms with Crippen LogP contribution in [0.5, 0.6) is 0 Å². The van der Waals surface area contributed by atoms with Crippen molar-refractivity contribution in [3.8, 4) is 0 Å². The monoisotopic (exact) mass is 586 g/mol. The largest absolute Gasteiger partial charge is 0.0622 e. The van der Waals surface area contributed by atoms with E-state index in [4.69, 9.17) is 10.4 Å².